The molecule has 0 aliphatic heterocycles. The van der Waals surface area contributed by atoms with Gasteiger partial charge in [0.2, 0.25) is 5.91 Å². The van der Waals surface area contributed by atoms with Crippen LogP contribution in [0.3, 0.4) is 0 Å². The third-order valence-electron chi connectivity index (χ3n) is 3.41. The highest BCUT2D eigenvalue weighted by molar-refractivity contribution is 7.80. The predicted octanol–water partition coefficient (Wildman–Crippen LogP) is 4.39. The number of anilines is 1. The Morgan fingerprint density at radius 2 is 1.75 bits per heavy atom. The number of carbonyl (C=O) groups excluding carboxylic acids is 2. The first-order valence-electron chi connectivity index (χ1n) is 8.60. The lowest BCUT2D eigenvalue weighted by Gasteiger charge is -2.20. The Kier molecular flexibility index (Phi) is 7.31. The fourth-order valence-corrected chi connectivity index (χ4v) is 2.56. The van der Waals surface area contributed by atoms with Gasteiger partial charge in [0.25, 0.3) is 5.91 Å². The molecule has 0 aliphatic carbocycles. The molecule has 2 aromatic carbocycles. The highest BCUT2D eigenvalue weighted by atomic mass is 35.5. The molecular weight excluding hydrogens is 394 g/mol. The third kappa shape index (κ3) is 7.50. The average Bonchev–Trinajstić information content (AvgIpc) is 2.60. The number of carbonyl (C=O) groups is 2. The maximum Gasteiger partial charge on any atom is 0.251 e. The van der Waals surface area contributed by atoms with E-state index in [1.165, 1.54) is 6.08 Å². The summed E-state index contributed by atoms with van der Waals surface area (Å²) in [5, 5.41) is 9.13. The number of thiocarbonyl (C=S) groups is 1. The van der Waals surface area contributed by atoms with Crippen molar-refractivity contribution in [1.29, 1.82) is 0 Å². The van der Waals surface area contributed by atoms with Crippen LogP contribution in [0.15, 0.2) is 54.6 Å². The summed E-state index contributed by atoms with van der Waals surface area (Å²) < 4.78 is 0. The smallest absolute Gasteiger partial charge is 0.251 e. The Labute approximate surface area is 175 Å². The molecule has 0 unspecified atom stereocenters. The number of hydrogen-bond donors (Lipinski definition) is 3. The molecule has 0 bridgehead atoms. The molecule has 2 aromatic rings. The van der Waals surface area contributed by atoms with E-state index in [0.29, 0.717) is 16.3 Å². The molecule has 7 heteroatoms. The summed E-state index contributed by atoms with van der Waals surface area (Å²) in [4.78, 5) is 24.3. The van der Waals surface area contributed by atoms with E-state index in [-0.39, 0.29) is 22.5 Å². The molecule has 0 aliphatic rings. The van der Waals surface area contributed by atoms with E-state index in [4.69, 9.17) is 23.8 Å². The zero-order valence-electron chi connectivity index (χ0n) is 15.9. The summed E-state index contributed by atoms with van der Waals surface area (Å²) in [5.74, 6) is -0.550. The summed E-state index contributed by atoms with van der Waals surface area (Å²) in [6, 6.07) is 14.0. The molecule has 0 aromatic heterocycles. The van der Waals surface area contributed by atoms with Crippen molar-refractivity contribution in [1.82, 2.24) is 10.6 Å². The monoisotopic (exact) mass is 415 g/mol. The first kappa shape index (κ1) is 21.6. The molecule has 0 saturated carbocycles. The van der Waals surface area contributed by atoms with Crippen molar-refractivity contribution in [2.45, 2.75) is 26.3 Å². The fourth-order valence-electron chi connectivity index (χ4n) is 2.21. The van der Waals surface area contributed by atoms with E-state index in [2.05, 4.69) is 16.0 Å². The van der Waals surface area contributed by atoms with Crippen LogP contribution < -0.4 is 16.0 Å². The van der Waals surface area contributed by atoms with Crippen molar-refractivity contribution in [3.8, 4) is 0 Å². The normalized spacial score (nSPS) is 11.1. The average molecular weight is 416 g/mol. The maximum atomic E-state index is 12.3. The quantitative estimate of drug-likeness (QED) is 0.511. The number of rotatable bonds is 4. The van der Waals surface area contributed by atoms with Crippen LogP contribution in [0.1, 0.15) is 36.7 Å². The van der Waals surface area contributed by atoms with Crippen LogP contribution in [0.5, 0.6) is 0 Å². The Bertz CT molecular complexity index is 903. The van der Waals surface area contributed by atoms with E-state index >= 15 is 0 Å². The third-order valence-corrected chi connectivity index (χ3v) is 3.86. The highest BCUT2D eigenvalue weighted by Crippen LogP contribution is 2.12. The molecule has 2 amide bonds. The minimum atomic E-state index is -0.367. The molecule has 0 spiro atoms. The van der Waals surface area contributed by atoms with Gasteiger partial charge in [-0.25, -0.2) is 0 Å². The van der Waals surface area contributed by atoms with Crippen LogP contribution in [0.2, 0.25) is 5.02 Å². The first-order chi connectivity index (χ1) is 13.1. The molecular formula is C21H22ClN3O2S. The summed E-state index contributed by atoms with van der Waals surface area (Å²) in [7, 11) is 0. The second-order valence-corrected chi connectivity index (χ2v) is 7.96. The topological polar surface area (TPSA) is 70.2 Å². The number of nitrogens with one attached hydrogen (secondary N) is 3. The Morgan fingerprint density at radius 3 is 2.39 bits per heavy atom. The van der Waals surface area contributed by atoms with Crippen LogP contribution >= 0.6 is 23.8 Å². The molecule has 2 rings (SSSR count). The van der Waals surface area contributed by atoms with Gasteiger partial charge in [-0.2, -0.15) is 0 Å². The number of amides is 2. The molecule has 3 N–H and O–H groups in total. The molecule has 0 heterocycles. The van der Waals surface area contributed by atoms with Crippen molar-refractivity contribution >= 4 is 52.5 Å². The molecule has 0 atom stereocenters. The van der Waals surface area contributed by atoms with Gasteiger partial charge in [-0.05, 0) is 75.0 Å². The molecule has 0 fully saturated rings. The van der Waals surface area contributed by atoms with Gasteiger partial charge in [0.1, 0.15) is 0 Å². The Balaban J connectivity index is 1.93. The molecule has 5 nitrogen and oxygen atoms in total. The summed E-state index contributed by atoms with van der Waals surface area (Å²) >= 11 is 11.0. The molecule has 28 heavy (non-hydrogen) atoms. The second kappa shape index (κ2) is 9.48. The van der Waals surface area contributed by atoms with Gasteiger partial charge in [-0.3, -0.25) is 14.9 Å². The zero-order chi connectivity index (χ0) is 20.7. The van der Waals surface area contributed by atoms with Gasteiger partial charge in [-0.15, -0.1) is 0 Å². The van der Waals surface area contributed by atoms with E-state index < -0.39 is 0 Å². The van der Waals surface area contributed by atoms with Gasteiger partial charge in [0, 0.05) is 27.9 Å². The van der Waals surface area contributed by atoms with E-state index in [0.717, 1.165) is 5.56 Å². The Morgan fingerprint density at radius 1 is 1.07 bits per heavy atom. The first-order valence-corrected chi connectivity index (χ1v) is 9.39. The van der Waals surface area contributed by atoms with Crippen molar-refractivity contribution in [3.63, 3.8) is 0 Å². The van der Waals surface area contributed by atoms with Crippen molar-refractivity contribution < 1.29 is 9.59 Å². The largest absolute Gasteiger partial charge is 0.347 e. The Hall–Kier alpha value is -2.70. The minimum absolute atomic E-state index is 0.138. The van der Waals surface area contributed by atoms with Crippen LogP contribution in [0.4, 0.5) is 5.69 Å². The number of benzene rings is 2. The van der Waals surface area contributed by atoms with Crippen LogP contribution in [-0.2, 0) is 4.79 Å². The van der Waals surface area contributed by atoms with Gasteiger partial charge in [0.15, 0.2) is 5.11 Å². The lowest BCUT2D eigenvalue weighted by molar-refractivity contribution is -0.115. The fraction of sp³-hybridized carbons (Fsp3) is 0.190. The summed E-state index contributed by atoms with van der Waals surface area (Å²) in [5.41, 5.74) is 1.61. The zero-order valence-corrected chi connectivity index (χ0v) is 17.4. The highest BCUT2D eigenvalue weighted by Gasteiger charge is 2.15. The van der Waals surface area contributed by atoms with Crippen molar-refractivity contribution in [3.05, 3.63) is 70.8 Å². The van der Waals surface area contributed by atoms with Crippen LogP contribution in [0, 0.1) is 0 Å². The summed E-state index contributed by atoms with van der Waals surface area (Å²) in [6.07, 6.45) is 3.04. The lowest BCUT2D eigenvalue weighted by atomic mass is 10.1. The van der Waals surface area contributed by atoms with E-state index in [1.54, 1.807) is 54.6 Å². The van der Waals surface area contributed by atoms with Crippen LogP contribution in [-0.4, -0.2) is 22.5 Å². The van der Waals surface area contributed by atoms with Crippen LogP contribution in [0.25, 0.3) is 6.08 Å². The number of halogens is 1. The predicted molar refractivity (Wildman–Crippen MR) is 119 cm³/mol. The molecule has 146 valence electrons. The van der Waals surface area contributed by atoms with Gasteiger partial charge >= 0.3 is 0 Å². The summed E-state index contributed by atoms with van der Waals surface area (Å²) in [6.45, 7) is 5.74. The van der Waals surface area contributed by atoms with Gasteiger partial charge in [-0.1, -0.05) is 29.8 Å². The van der Waals surface area contributed by atoms with Gasteiger partial charge < -0.3 is 10.6 Å². The van der Waals surface area contributed by atoms with Crippen molar-refractivity contribution in [2.24, 2.45) is 0 Å². The van der Waals surface area contributed by atoms with E-state index in [1.807, 2.05) is 20.8 Å². The lowest BCUT2D eigenvalue weighted by Crippen LogP contribution is -2.40. The molecule has 0 saturated heterocycles. The number of hydrogen-bond acceptors (Lipinski definition) is 3. The minimum Gasteiger partial charge on any atom is -0.347 e. The SMILES string of the molecule is CC(C)(C)NC(=O)c1cccc(NC(=S)NC(=O)/C=C/c2ccc(Cl)cc2)c1. The standard InChI is InChI=1S/C21H22ClN3O2S/c1-21(2,3)25-19(27)15-5-4-6-17(13-15)23-20(28)24-18(26)12-9-14-7-10-16(22)11-8-14/h4-13H,1-3H3,(H,25,27)(H2,23,24,26,28)/b12-9+. The van der Waals surface area contributed by atoms with Gasteiger partial charge in [0.05, 0.1) is 0 Å². The van der Waals surface area contributed by atoms with E-state index in [9.17, 15) is 9.59 Å². The maximum absolute atomic E-state index is 12.3. The second-order valence-electron chi connectivity index (χ2n) is 7.11. The van der Waals surface area contributed by atoms with Crippen molar-refractivity contribution in [2.75, 3.05) is 5.32 Å². The molecule has 0 radical (unpaired) electrons.